The molecule has 0 atom stereocenters. The lowest BCUT2D eigenvalue weighted by Gasteiger charge is -2.07. The second kappa shape index (κ2) is 9.88. The Morgan fingerprint density at radius 3 is 2.50 bits per heavy atom. The molecule has 2 N–H and O–H groups in total. The third kappa shape index (κ3) is 5.58. The lowest BCUT2D eigenvalue weighted by Crippen LogP contribution is -2.25. The molecule has 0 radical (unpaired) electrons. The van der Waals surface area contributed by atoms with Gasteiger partial charge in [-0.05, 0) is 48.4 Å². The number of aryl methyl sites for hydroxylation is 1. The number of nitrogens with one attached hydrogen (secondary N) is 2. The summed E-state index contributed by atoms with van der Waals surface area (Å²) in [6, 6.07) is 14.7. The van der Waals surface area contributed by atoms with Crippen LogP contribution >= 0.6 is 11.3 Å². The molecule has 0 saturated heterocycles. The van der Waals surface area contributed by atoms with E-state index in [0.29, 0.717) is 22.7 Å². The lowest BCUT2D eigenvalue weighted by molar-refractivity contribution is 0.103. The number of anilines is 1. The van der Waals surface area contributed by atoms with Crippen molar-refractivity contribution in [3.63, 3.8) is 0 Å². The van der Waals surface area contributed by atoms with E-state index >= 15 is 0 Å². The molecule has 0 saturated carbocycles. The molecular formula is C24H23FN4O3S2. The van der Waals surface area contributed by atoms with E-state index in [1.807, 2.05) is 17.7 Å². The molecule has 2 aromatic heterocycles. The molecule has 0 unspecified atom stereocenters. The SMILES string of the molecule is C=CCNS(=O)(=O)Cc1ccc(NC(=O)c2cc3c(C)nn(Cc4ccc(F)cc4)c3s2)cc1. The quantitative estimate of drug-likeness (QED) is 0.334. The van der Waals surface area contributed by atoms with Gasteiger partial charge in [0.1, 0.15) is 10.6 Å². The maximum Gasteiger partial charge on any atom is 0.265 e. The molecule has 0 fully saturated rings. The summed E-state index contributed by atoms with van der Waals surface area (Å²) in [5.74, 6) is -0.712. The molecule has 0 aliphatic carbocycles. The van der Waals surface area contributed by atoms with Crippen LogP contribution < -0.4 is 10.0 Å². The summed E-state index contributed by atoms with van der Waals surface area (Å²) in [5.41, 5.74) is 2.88. The van der Waals surface area contributed by atoms with Crippen LogP contribution in [-0.4, -0.2) is 30.7 Å². The third-order valence-corrected chi connectivity index (χ3v) is 7.56. The Hall–Kier alpha value is -3.34. The summed E-state index contributed by atoms with van der Waals surface area (Å²) in [6.07, 6.45) is 1.48. The Kier molecular flexibility index (Phi) is 6.92. The first-order valence-electron chi connectivity index (χ1n) is 10.4. The van der Waals surface area contributed by atoms with Crippen molar-refractivity contribution in [3.8, 4) is 0 Å². The van der Waals surface area contributed by atoms with Crippen LogP contribution in [0.1, 0.15) is 26.5 Å². The van der Waals surface area contributed by atoms with Crippen molar-refractivity contribution in [2.24, 2.45) is 0 Å². The van der Waals surface area contributed by atoms with Crippen LogP contribution in [0.3, 0.4) is 0 Å². The molecule has 0 spiro atoms. The number of carbonyl (C=O) groups is 1. The second-order valence-corrected chi connectivity index (χ2v) is 10.6. The molecule has 7 nitrogen and oxygen atoms in total. The number of rotatable bonds is 9. The molecule has 0 bridgehead atoms. The molecular weight excluding hydrogens is 475 g/mol. The Morgan fingerprint density at radius 1 is 1.15 bits per heavy atom. The highest BCUT2D eigenvalue weighted by Gasteiger charge is 2.17. The topological polar surface area (TPSA) is 93.1 Å². The predicted molar refractivity (Wildman–Crippen MR) is 133 cm³/mol. The number of fused-ring (bicyclic) bond motifs is 1. The monoisotopic (exact) mass is 498 g/mol. The molecule has 0 aliphatic heterocycles. The molecule has 1 amide bonds. The van der Waals surface area contributed by atoms with Gasteiger partial charge in [-0.15, -0.1) is 17.9 Å². The van der Waals surface area contributed by atoms with Gasteiger partial charge >= 0.3 is 0 Å². The van der Waals surface area contributed by atoms with Crippen LogP contribution in [0.25, 0.3) is 10.2 Å². The van der Waals surface area contributed by atoms with Crippen LogP contribution in [0, 0.1) is 12.7 Å². The van der Waals surface area contributed by atoms with E-state index < -0.39 is 10.0 Å². The Bertz CT molecular complexity index is 1440. The van der Waals surface area contributed by atoms with Gasteiger partial charge in [-0.25, -0.2) is 17.5 Å². The van der Waals surface area contributed by atoms with Crippen molar-refractivity contribution < 1.29 is 17.6 Å². The molecule has 4 rings (SSSR count). The fourth-order valence-electron chi connectivity index (χ4n) is 3.43. The van der Waals surface area contributed by atoms with Crippen LogP contribution in [0.4, 0.5) is 10.1 Å². The average molecular weight is 499 g/mol. The lowest BCUT2D eigenvalue weighted by atomic mass is 10.2. The minimum absolute atomic E-state index is 0.158. The van der Waals surface area contributed by atoms with Crippen molar-refractivity contribution in [3.05, 3.63) is 94.8 Å². The van der Waals surface area contributed by atoms with Crippen molar-refractivity contribution in [2.75, 3.05) is 11.9 Å². The number of thiophene rings is 1. The Labute approximate surface area is 201 Å². The van der Waals surface area contributed by atoms with Gasteiger partial charge in [0.05, 0.1) is 22.9 Å². The number of carbonyl (C=O) groups excluding carboxylic acids is 1. The maximum atomic E-state index is 13.2. The van der Waals surface area contributed by atoms with Crippen molar-refractivity contribution in [1.29, 1.82) is 0 Å². The van der Waals surface area contributed by atoms with Gasteiger partial charge in [0, 0.05) is 17.6 Å². The number of hydrogen-bond acceptors (Lipinski definition) is 5. The fraction of sp³-hybridized carbons (Fsp3) is 0.167. The van der Waals surface area contributed by atoms with E-state index in [1.54, 1.807) is 36.4 Å². The first-order chi connectivity index (χ1) is 16.2. The van der Waals surface area contributed by atoms with Gasteiger partial charge in [-0.2, -0.15) is 5.10 Å². The third-order valence-electron chi connectivity index (χ3n) is 5.09. The molecule has 2 heterocycles. The first kappa shape index (κ1) is 23.8. The zero-order chi connectivity index (χ0) is 24.3. The first-order valence-corrected chi connectivity index (χ1v) is 12.9. The molecule has 34 heavy (non-hydrogen) atoms. The smallest absolute Gasteiger partial charge is 0.265 e. The normalized spacial score (nSPS) is 11.6. The van der Waals surface area contributed by atoms with Gasteiger partial charge in [0.2, 0.25) is 10.0 Å². The highest BCUT2D eigenvalue weighted by molar-refractivity contribution is 7.88. The second-order valence-electron chi connectivity index (χ2n) is 7.75. The highest BCUT2D eigenvalue weighted by atomic mass is 32.2. The van der Waals surface area contributed by atoms with Gasteiger partial charge in [-0.3, -0.25) is 9.48 Å². The van der Waals surface area contributed by atoms with Crippen LogP contribution in [0.2, 0.25) is 0 Å². The van der Waals surface area contributed by atoms with E-state index in [-0.39, 0.29) is 24.0 Å². The van der Waals surface area contributed by atoms with E-state index in [4.69, 9.17) is 0 Å². The van der Waals surface area contributed by atoms with Crippen molar-refractivity contribution in [1.82, 2.24) is 14.5 Å². The van der Waals surface area contributed by atoms with E-state index in [1.165, 1.54) is 29.5 Å². The molecule has 4 aromatic rings. The number of benzene rings is 2. The van der Waals surface area contributed by atoms with Gasteiger partial charge in [-0.1, -0.05) is 30.3 Å². The predicted octanol–water partition coefficient (Wildman–Crippen LogP) is 4.45. The summed E-state index contributed by atoms with van der Waals surface area (Å²) >= 11 is 1.33. The number of sulfonamides is 1. The Balaban J connectivity index is 1.47. The van der Waals surface area contributed by atoms with Gasteiger partial charge in [0.25, 0.3) is 5.91 Å². The zero-order valence-electron chi connectivity index (χ0n) is 18.4. The van der Waals surface area contributed by atoms with Crippen molar-refractivity contribution >= 4 is 43.2 Å². The standard InChI is InChI=1S/C24H23FN4O3S2/c1-3-12-26-34(31,32)15-18-6-10-20(11-7-18)27-23(30)22-13-21-16(2)28-29(24(21)33-22)14-17-4-8-19(25)9-5-17/h3-11,13,26H,1,12,14-15H2,2H3,(H,27,30). The largest absolute Gasteiger partial charge is 0.321 e. The van der Waals surface area contributed by atoms with Crippen LogP contribution in [0.5, 0.6) is 0 Å². The number of nitrogens with zero attached hydrogens (tertiary/aromatic N) is 2. The van der Waals surface area contributed by atoms with Crippen LogP contribution in [-0.2, 0) is 22.3 Å². The molecule has 0 aliphatic rings. The summed E-state index contributed by atoms with van der Waals surface area (Å²) in [6.45, 7) is 6.02. The number of hydrogen-bond donors (Lipinski definition) is 2. The summed E-state index contributed by atoms with van der Waals surface area (Å²) < 4.78 is 41.4. The van der Waals surface area contributed by atoms with Crippen LogP contribution in [0.15, 0.2) is 67.3 Å². The van der Waals surface area contributed by atoms with E-state index in [0.717, 1.165) is 21.5 Å². The summed E-state index contributed by atoms with van der Waals surface area (Å²) in [5, 5.41) is 8.29. The summed E-state index contributed by atoms with van der Waals surface area (Å²) in [7, 11) is -3.45. The van der Waals surface area contributed by atoms with E-state index in [9.17, 15) is 17.6 Å². The van der Waals surface area contributed by atoms with Gasteiger partial charge in [0.15, 0.2) is 0 Å². The minimum Gasteiger partial charge on any atom is -0.321 e. The fourth-order valence-corrected chi connectivity index (χ4v) is 5.59. The van der Waals surface area contributed by atoms with Crippen molar-refractivity contribution in [2.45, 2.75) is 19.2 Å². The molecule has 10 heteroatoms. The zero-order valence-corrected chi connectivity index (χ0v) is 20.0. The number of aromatic nitrogens is 2. The summed E-state index contributed by atoms with van der Waals surface area (Å²) in [4.78, 5) is 14.2. The number of amides is 1. The highest BCUT2D eigenvalue weighted by Crippen LogP contribution is 2.29. The van der Waals surface area contributed by atoms with Gasteiger partial charge < -0.3 is 5.32 Å². The maximum absolute atomic E-state index is 13.2. The minimum atomic E-state index is -3.45. The average Bonchev–Trinajstić information content (AvgIpc) is 3.36. The number of halogens is 1. The Morgan fingerprint density at radius 2 is 1.82 bits per heavy atom. The van der Waals surface area contributed by atoms with E-state index in [2.05, 4.69) is 21.7 Å². The molecule has 2 aromatic carbocycles. The molecule has 176 valence electrons.